The van der Waals surface area contributed by atoms with Gasteiger partial charge in [0.25, 0.3) is 0 Å². The van der Waals surface area contributed by atoms with Crippen molar-refractivity contribution in [1.82, 2.24) is 5.32 Å². The van der Waals surface area contributed by atoms with Gasteiger partial charge in [0.2, 0.25) is 0 Å². The number of halogens is 3. The molecule has 1 aliphatic rings. The van der Waals surface area contributed by atoms with E-state index in [1.54, 1.807) is 12.1 Å². The maximum Gasteiger partial charge on any atom is 0.416 e. The van der Waals surface area contributed by atoms with Crippen molar-refractivity contribution in [3.63, 3.8) is 0 Å². The van der Waals surface area contributed by atoms with Gasteiger partial charge >= 0.3 is 6.18 Å². The van der Waals surface area contributed by atoms with Crippen molar-refractivity contribution in [2.24, 2.45) is 5.41 Å². The van der Waals surface area contributed by atoms with Gasteiger partial charge < -0.3 is 10.2 Å². The topological polar surface area (TPSA) is 15.3 Å². The summed E-state index contributed by atoms with van der Waals surface area (Å²) in [5.41, 5.74) is 0.372. The molecule has 0 saturated carbocycles. The van der Waals surface area contributed by atoms with Crippen LogP contribution >= 0.6 is 0 Å². The zero-order valence-corrected chi connectivity index (χ0v) is 13.0. The Kier molecular flexibility index (Phi) is 4.24. The lowest BCUT2D eigenvalue weighted by molar-refractivity contribution is -0.137. The molecule has 0 aromatic heterocycles. The van der Waals surface area contributed by atoms with Crippen LogP contribution < -0.4 is 10.2 Å². The second-order valence-electron chi connectivity index (χ2n) is 6.87. The molecule has 0 bridgehead atoms. The Labute approximate surface area is 124 Å². The molecule has 118 valence electrons. The molecule has 2 unspecified atom stereocenters. The molecule has 1 N–H and O–H groups in total. The first-order valence-electron chi connectivity index (χ1n) is 7.26. The van der Waals surface area contributed by atoms with E-state index in [2.05, 4.69) is 37.9 Å². The maximum absolute atomic E-state index is 12.6. The van der Waals surface area contributed by atoms with Crippen LogP contribution in [0.25, 0.3) is 0 Å². The lowest BCUT2D eigenvalue weighted by Gasteiger charge is -2.45. The van der Waals surface area contributed by atoms with Crippen molar-refractivity contribution in [3.8, 4) is 0 Å². The molecule has 1 fully saturated rings. The average molecular weight is 300 g/mol. The molecular formula is C16H23F3N2. The average Bonchev–Trinajstić information content (AvgIpc) is 2.37. The van der Waals surface area contributed by atoms with Crippen molar-refractivity contribution in [2.75, 3.05) is 18.0 Å². The maximum atomic E-state index is 12.6. The zero-order valence-electron chi connectivity index (χ0n) is 13.0. The number of piperazine rings is 1. The first-order valence-corrected chi connectivity index (χ1v) is 7.26. The monoisotopic (exact) mass is 300 g/mol. The predicted octanol–water partition coefficient (Wildman–Crippen LogP) is 3.92. The second kappa shape index (κ2) is 5.52. The third kappa shape index (κ3) is 3.70. The summed E-state index contributed by atoms with van der Waals surface area (Å²) in [7, 11) is 0. The van der Waals surface area contributed by atoms with E-state index in [4.69, 9.17) is 0 Å². The predicted molar refractivity (Wildman–Crippen MR) is 79.5 cm³/mol. The number of benzene rings is 1. The SMILES string of the molecule is CC1CNC(C(C)(C)C)CN1c1ccc(C(F)(F)F)cc1. The van der Waals surface area contributed by atoms with Crippen LogP contribution in [0.15, 0.2) is 24.3 Å². The summed E-state index contributed by atoms with van der Waals surface area (Å²) in [6, 6.07) is 6.05. The molecule has 1 heterocycles. The molecule has 2 nitrogen and oxygen atoms in total. The van der Waals surface area contributed by atoms with Crippen LogP contribution in [0, 0.1) is 5.41 Å². The third-order valence-corrected chi connectivity index (χ3v) is 4.14. The fourth-order valence-corrected chi connectivity index (χ4v) is 2.65. The van der Waals surface area contributed by atoms with Gasteiger partial charge in [0.15, 0.2) is 0 Å². The molecule has 1 aromatic carbocycles. The summed E-state index contributed by atoms with van der Waals surface area (Å²) in [6.07, 6.45) is -4.28. The highest BCUT2D eigenvalue weighted by Crippen LogP contribution is 2.32. The van der Waals surface area contributed by atoms with Crippen LogP contribution in [-0.4, -0.2) is 25.2 Å². The van der Waals surface area contributed by atoms with E-state index in [-0.39, 0.29) is 11.5 Å². The van der Waals surface area contributed by atoms with Crippen molar-refractivity contribution in [2.45, 2.75) is 46.0 Å². The highest BCUT2D eigenvalue weighted by Gasteiger charge is 2.33. The van der Waals surface area contributed by atoms with Gasteiger partial charge in [0, 0.05) is 30.9 Å². The number of hydrogen-bond donors (Lipinski definition) is 1. The Balaban J connectivity index is 2.19. The van der Waals surface area contributed by atoms with Crippen molar-refractivity contribution >= 4 is 5.69 Å². The highest BCUT2D eigenvalue weighted by molar-refractivity contribution is 5.49. The molecule has 0 aliphatic carbocycles. The summed E-state index contributed by atoms with van der Waals surface area (Å²) in [6.45, 7) is 10.2. The van der Waals surface area contributed by atoms with E-state index in [1.165, 1.54) is 0 Å². The molecule has 21 heavy (non-hydrogen) atoms. The smallest absolute Gasteiger partial charge is 0.366 e. The van der Waals surface area contributed by atoms with Crippen molar-refractivity contribution in [1.29, 1.82) is 0 Å². The van der Waals surface area contributed by atoms with Gasteiger partial charge in [-0.3, -0.25) is 0 Å². The van der Waals surface area contributed by atoms with Crippen molar-refractivity contribution in [3.05, 3.63) is 29.8 Å². The van der Waals surface area contributed by atoms with Crippen LogP contribution in [-0.2, 0) is 6.18 Å². The second-order valence-corrected chi connectivity index (χ2v) is 6.87. The summed E-state index contributed by atoms with van der Waals surface area (Å²) >= 11 is 0. The van der Waals surface area contributed by atoms with Gasteiger partial charge in [-0.1, -0.05) is 20.8 Å². The van der Waals surface area contributed by atoms with Gasteiger partial charge in [-0.2, -0.15) is 13.2 Å². The number of hydrogen-bond acceptors (Lipinski definition) is 2. The van der Waals surface area contributed by atoms with E-state index in [9.17, 15) is 13.2 Å². The van der Waals surface area contributed by atoms with E-state index in [0.717, 1.165) is 30.9 Å². The minimum atomic E-state index is -4.28. The fourth-order valence-electron chi connectivity index (χ4n) is 2.65. The molecule has 0 radical (unpaired) electrons. The number of rotatable bonds is 1. The van der Waals surface area contributed by atoms with E-state index in [1.807, 2.05) is 0 Å². The first kappa shape index (κ1) is 16.1. The Morgan fingerprint density at radius 3 is 2.14 bits per heavy atom. The van der Waals surface area contributed by atoms with Crippen LogP contribution in [0.2, 0.25) is 0 Å². The Morgan fingerprint density at radius 1 is 1.10 bits per heavy atom. The summed E-state index contributed by atoms with van der Waals surface area (Å²) in [5.74, 6) is 0. The molecular weight excluding hydrogens is 277 g/mol. The Hall–Kier alpha value is -1.23. The molecule has 5 heteroatoms. The van der Waals surface area contributed by atoms with Crippen LogP contribution in [0.3, 0.4) is 0 Å². The molecule has 0 amide bonds. The molecule has 2 rings (SSSR count). The van der Waals surface area contributed by atoms with Crippen LogP contribution in [0.5, 0.6) is 0 Å². The number of alkyl halides is 3. The van der Waals surface area contributed by atoms with Crippen LogP contribution in [0.1, 0.15) is 33.3 Å². The zero-order chi connectivity index (χ0) is 15.8. The molecule has 1 aliphatic heterocycles. The Morgan fingerprint density at radius 2 is 1.67 bits per heavy atom. The molecule has 2 atom stereocenters. The quantitative estimate of drug-likeness (QED) is 0.845. The largest absolute Gasteiger partial charge is 0.416 e. The first-order chi connectivity index (χ1) is 9.59. The minimum absolute atomic E-state index is 0.115. The minimum Gasteiger partial charge on any atom is -0.366 e. The summed E-state index contributed by atoms with van der Waals surface area (Å²) in [4.78, 5) is 2.19. The standard InChI is InChI=1S/C16H23F3N2/c1-11-9-20-14(15(2,3)4)10-21(11)13-7-5-12(6-8-13)16(17,18)19/h5-8,11,14,20H,9-10H2,1-4H3. The molecule has 1 aromatic rings. The number of anilines is 1. The number of nitrogens with one attached hydrogen (secondary N) is 1. The van der Waals surface area contributed by atoms with E-state index >= 15 is 0 Å². The highest BCUT2D eigenvalue weighted by atomic mass is 19.4. The van der Waals surface area contributed by atoms with Gasteiger partial charge in [-0.05, 0) is 36.6 Å². The Bertz CT molecular complexity index is 474. The molecule has 1 saturated heterocycles. The summed E-state index contributed by atoms with van der Waals surface area (Å²) < 4.78 is 37.9. The third-order valence-electron chi connectivity index (χ3n) is 4.14. The lowest BCUT2D eigenvalue weighted by atomic mass is 9.84. The van der Waals surface area contributed by atoms with Gasteiger partial charge in [0.1, 0.15) is 0 Å². The fraction of sp³-hybridized carbons (Fsp3) is 0.625. The normalized spacial score (nSPS) is 24.2. The van der Waals surface area contributed by atoms with Crippen LogP contribution in [0.4, 0.5) is 18.9 Å². The summed E-state index contributed by atoms with van der Waals surface area (Å²) in [5, 5.41) is 3.52. The van der Waals surface area contributed by atoms with Crippen molar-refractivity contribution < 1.29 is 13.2 Å². The van der Waals surface area contributed by atoms with Gasteiger partial charge in [-0.25, -0.2) is 0 Å². The molecule has 0 spiro atoms. The van der Waals surface area contributed by atoms with E-state index < -0.39 is 11.7 Å². The van der Waals surface area contributed by atoms with Gasteiger partial charge in [-0.15, -0.1) is 0 Å². The lowest BCUT2D eigenvalue weighted by Crippen LogP contribution is -2.59. The number of nitrogens with zero attached hydrogens (tertiary/aromatic N) is 1. The van der Waals surface area contributed by atoms with Gasteiger partial charge in [0.05, 0.1) is 5.56 Å². The van der Waals surface area contributed by atoms with E-state index in [0.29, 0.717) is 6.04 Å².